The van der Waals surface area contributed by atoms with Crippen molar-refractivity contribution in [1.82, 2.24) is 0 Å². The Kier molecular flexibility index (Phi) is 3.76. The van der Waals surface area contributed by atoms with Gasteiger partial charge in [-0.3, -0.25) is 0 Å². The highest BCUT2D eigenvalue weighted by Gasteiger charge is 2.14. The number of rotatable bonds is 3. The van der Waals surface area contributed by atoms with Gasteiger partial charge in [-0.2, -0.15) is 0 Å². The summed E-state index contributed by atoms with van der Waals surface area (Å²) in [7, 11) is 1.73. The van der Waals surface area contributed by atoms with Crippen molar-refractivity contribution in [2.24, 2.45) is 0 Å². The quantitative estimate of drug-likeness (QED) is 0.723. The van der Waals surface area contributed by atoms with E-state index in [0.29, 0.717) is 4.83 Å². The Labute approximate surface area is 81.9 Å². The van der Waals surface area contributed by atoms with Crippen LogP contribution in [0.5, 0.6) is 0 Å². The number of ether oxygens (including phenoxy) is 1. The number of benzene rings is 1. The lowest BCUT2D eigenvalue weighted by molar-refractivity contribution is 0.106. The lowest BCUT2D eigenvalue weighted by Crippen LogP contribution is -2.10. The summed E-state index contributed by atoms with van der Waals surface area (Å²) in [5.41, 5.74) is 1.21. The number of halogens is 1. The van der Waals surface area contributed by atoms with Crippen molar-refractivity contribution in [3.63, 3.8) is 0 Å². The summed E-state index contributed by atoms with van der Waals surface area (Å²) < 4.78 is 5.35. The third-order valence-electron chi connectivity index (χ3n) is 1.80. The fourth-order valence-corrected chi connectivity index (χ4v) is 1.75. The molecule has 2 unspecified atom stereocenters. The molecule has 1 rings (SSSR count). The van der Waals surface area contributed by atoms with Crippen LogP contribution in [0.25, 0.3) is 0 Å². The van der Waals surface area contributed by atoms with Crippen LogP contribution in [0.3, 0.4) is 0 Å². The predicted octanol–water partition coefficient (Wildman–Crippen LogP) is 3.16. The number of alkyl halides is 1. The van der Waals surface area contributed by atoms with E-state index in [4.69, 9.17) is 4.74 Å². The van der Waals surface area contributed by atoms with E-state index in [0.717, 1.165) is 0 Å². The van der Waals surface area contributed by atoms with Gasteiger partial charge in [0.2, 0.25) is 0 Å². The van der Waals surface area contributed by atoms with Crippen molar-refractivity contribution in [2.75, 3.05) is 7.11 Å². The smallest absolute Gasteiger partial charge is 0.0943 e. The van der Waals surface area contributed by atoms with Crippen LogP contribution in [0.4, 0.5) is 0 Å². The fourth-order valence-electron chi connectivity index (χ4n) is 1.23. The van der Waals surface area contributed by atoms with Gasteiger partial charge in [-0.25, -0.2) is 0 Å². The fraction of sp³-hybridized carbons (Fsp3) is 0.400. The summed E-state index contributed by atoms with van der Waals surface area (Å²) in [6.45, 7) is 2.08. The molecule has 0 bridgehead atoms. The molecule has 0 aliphatic heterocycles. The average molecular weight is 229 g/mol. The van der Waals surface area contributed by atoms with E-state index in [1.165, 1.54) is 5.56 Å². The minimum absolute atomic E-state index is 0.145. The van der Waals surface area contributed by atoms with E-state index in [1.807, 2.05) is 18.2 Å². The maximum absolute atomic E-state index is 5.35. The molecule has 0 amide bonds. The van der Waals surface area contributed by atoms with Gasteiger partial charge in [-0.05, 0) is 12.5 Å². The van der Waals surface area contributed by atoms with E-state index in [1.54, 1.807) is 7.11 Å². The highest BCUT2D eigenvalue weighted by Crippen LogP contribution is 2.24. The minimum Gasteiger partial charge on any atom is -0.376 e. The first-order valence-corrected chi connectivity index (χ1v) is 4.89. The molecule has 1 aromatic rings. The summed E-state index contributed by atoms with van der Waals surface area (Å²) in [5, 5.41) is 0. The number of hydrogen-bond donors (Lipinski definition) is 0. The van der Waals surface area contributed by atoms with Gasteiger partial charge in [0.15, 0.2) is 0 Å². The van der Waals surface area contributed by atoms with Crippen LogP contribution in [0.1, 0.15) is 18.6 Å². The molecule has 0 fully saturated rings. The molecule has 0 spiro atoms. The van der Waals surface area contributed by atoms with Crippen molar-refractivity contribution in [1.29, 1.82) is 0 Å². The highest BCUT2D eigenvalue weighted by atomic mass is 79.9. The van der Waals surface area contributed by atoms with E-state index < -0.39 is 0 Å². The van der Waals surface area contributed by atoms with E-state index in [2.05, 4.69) is 35.0 Å². The molecule has 1 nitrogen and oxygen atoms in total. The van der Waals surface area contributed by atoms with Crippen LogP contribution in [0.2, 0.25) is 0 Å². The van der Waals surface area contributed by atoms with Crippen molar-refractivity contribution in [3.05, 3.63) is 35.9 Å². The average Bonchev–Trinajstić information content (AvgIpc) is 2.07. The second-order valence-corrected chi connectivity index (χ2v) is 4.19. The maximum atomic E-state index is 5.35. The normalized spacial score (nSPS) is 15.6. The monoisotopic (exact) mass is 228 g/mol. The van der Waals surface area contributed by atoms with Crippen LogP contribution in [0.15, 0.2) is 30.3 Å². The Morgan fingerprint density at radius 2 is 1.83 bits per heavy atom. The molecular formula is C10H13BrO. The summed E-state index contributed by atoms with van der Waals surface area (Å²) in [5.74, 6) is 0. The van der Waals surface area contributed by atoms with Crippen LogP contribution < -0.4 is 0 Å². The molecule has 0 aliphatic carbocycles. The summed E-state index contributed by atoms with van der Waals surface area (Å²) in [6.07, 6.45) is 0.145. The maximum Gasteiger partial charge on any atom is 0.0943 e. The molecule has 0 aromatic heterocycles. The van der Waals surface area contributed by atoms with Gasteiger partial charge >= 0.3 is 0 Å². The molecule has 0 saturated carbocycles. The highest BCUT2D eigenvalue weighted by molar-refractivity contribution is 9.09. The van der Waals surface area contributed by atoms with Crippen molar-refractivity contribution in [3.8, 4) is 0 Å². The lowest BCUT2D eigenvalue weighted by Gasteiger charge is -2.17. The Hall–Kier alpha value is -0.340. The first kappa shape index (κ1) is 9.75. The molecular weight excluding hydrogens is 216 g/mol. The largest absolute Gasteiger partial charge is 0.376 e. The molecule has 0 saturated heterocycles. The van der Waals surface area contributed by atoms with E-state index >= 15 is 0 Å². The van der Waals surface area contributed by atoms with Crippen LogP contribution in [0, 0.1) is 0 Å². The van der Waals surface area contributed by atoms with Gasteiger partial charge in [-0.15, -0.1) is 0 Å². The van der Waals surface area contributed by atoms with Gasteiger partial charge < -0.3 is 4.74 Å². The molecule has 0 radical (unpaired) electrons. The van der Waals surface area contributed by atoms with E-state index in [9.17, 15) is 0 Å². The summed E-state index contributed by atoms with van der Waals surface area (Å²) in [6, 6.07) is 10.2. The Morgan fingerprint density at radius 3 is 2.25 bits per heavy atom. The summed E-state index contributed by atoms with van der Waals surface area (Å²) in [4.78, 5) is 0.338. The second kappa shape index (κ2) is 4.63. The molecule has 0 aliphatic rings. The lowest BCUT2D eigenvalue weighted by atomic mass is 10.1. The Morgan fingerprint density at radius 1 is 1.25 bits per heavy atom. The third-order valence-corrected chi connectivity index (χ3v) is 2.28. The Bertz CT molecular complexity index is 221. The van der Waals surface area contributed by atoms with Crippen molar-refractivity contribution < 1.29 is 4.74 Å². The van der Waals surface area contributed by atoms with Crippen molar-refractivity contribution in [2.45, 2.75) is 17.9 Å². The SMILES string of the molecule is COC(c1ccccc1)C(C)Br. The molecule has 1 aromatic carbocycles. The van der Waals surface area contributed by atoms with Gasteiger partial charge in [0, 0.05) is 11.9 Å². The number of hydrogen-bond acceptors (Lipinski definition) is 1. The van der Waals surface area contributed by atoms with Gasteiger partial charge in [0.05, 0.1) is 6.10 Å². The van der Waals surface area contributed by atoms with Crippen LogP contribution >= 0.6 is 15.9 Å². The molecule has 0 N–H and O–H groups in total. The van der Waals surface area contributed by atoms with Crippen molar-refractivity contribution >= 4 is 15.9 Å². The zero-order chi connectivity index (χ0) is 8.97. The molecule has 2 heteroatoms. The molecule has 0 heterocycles. The summed E-state index contributed by atoms with van der Waals surface area (Å²) >= 11 is 3.51. The van der Waals surface area contributed by atoms with Crippen LogP contribution in [-0.4, -0.2) is 11.9 Å². The molecule has 2 atom stereocenters. The third kappa shape index (κ3) is 2.32. The topological polar surface area (TPSA) is 9.23 Å². The minimum atomic E-state index is 0.145. The zero-order valence-corrected chi connectivity index (χ0v) is 8.91. The molecule has 12 heavy (non-hydrogen) atoms. The van der Waals surface area contributed by atoms with E-state index in [-0.39, 0.29) is 6.10 Å². The predicted molar refractivity (Wildman–Crippen MR) is 54.6 cm³/mol. The molecule has 66 valence electrons. The number of methoxy groups -OCH3 is 1. The standard InChI is InChI=1S/C10H13BrO/c1-8(11)10(12-2)9-6-4-3-5-7-9/h3-8,10H,1-2H3. The first-order chi connectivity index (χ1) is 5.75. The first-order valence-electron chi connectivity index (χ1n) is 3.97. The zero-order valence-electron chi connectivity index (χ0n) is 7.33. The second-order valence-electron chi connectivity index (χ2n) is 2.74. The van der Waals surface area contributed by atoms with Gasteiger partial charge in [0.1, 0.15) is 0 Å². The van der Waals surface area contributed by atoms with Gasteiger partial charge in [0.25, 0.3) is 0 Å². The van der Waals surface area contributed by atoms with Crippen LogP contribution in [-0.2, 0) is 4.74 Å². The van der Waals surface area contributed by atoms with Gasteiger partial charge in [-0.1, -0.05) is 46.3 Å². The Balaban J connectivity index is 2.80.